The standard InChI is InChI=1S/C15H27N3O3/c1-16-9-7-12(10-16)11-17(2)15(21)18-8-5-3-4-6-13(18)14(19)20/h12-13H,3-11H2,1-2H3,(H,19,20). The molecule has 0 aliphatic carbocycles. The SMILES string of the molecule is CN1CCC(CN(C)C(=O)N2CCCCCC2C(=O)O)C1. The van der Waals surface area contributed by atoms with Gasteiger partial charge in [0.1, 0.15) is 6.04 Å². The highest BCUT2D eigenvalue weighted by Crippen LogP contribution is 2.20. The van der Waals surface area contributed by atoms with Crippen molar-refractivity contribution in [2.45, 2.75) is 38.1 Å². The summed E-state index contributed by atoms with van der Waals surface area (Å²) in [5, 5.41) is 9.36. The quantitative estimate of drug-likeness (QED) is 0.853. The van der Waals surface area contributed by atoms with Crippen molar-refractivity contribution in [1.82, 2.24) is 14.7 Å². The molecule has 0 aromatic heterocycles. The summed E-state index contributed by atoms with van der Waals surface area (Å²) in [7, 11) is 3.89. The summed E-state index contributed by atoms with van der Waals surface area (Å²) in [5.74, 6) is -0.376. The van der Waals surface area contributed by atoms with Crippen LogP contribution in [0.1, 0.15) is 32.1 Å². The van der Waals surface area contributed by atoms with E-state index in [2.05, 4.69) is 11.9 Å². The number of urea groups is 1. The first kappa shape index (κ1) is 16.1. The molecule has 2 heterocycles. The van der Waals surface area contributed by atoms with E-state index in [0.29, 0.717) is 25.4 Å². The Labute approximate surface area is 126 Å². The number of aliphatic carboxylic acids is 1. The van der Waals surface area contributed by atoms with Gasteiger partial charge in [-0.1, -0.05) is 12.8 Å². The van der Waals surface area contributed by atoms with Crippen molar-refractivity contribution in [3.05, 3.63) is 0 Å². The molecular weight excluding hydrogens is 270 g/mol. The van der Waals surface area contributed by atoms with Gasteiger partial charge in [0.05, 0.1) is 0 Å². The number of nitrogens with zero attached hydrogens (tertiary/aromatic N) is 3. The summed E-state index contributed by atoms with van der Waals surface area (Å²) >= 11 is 0. The number of carboxylic acids is 1. The largest absolute Gasteiger partial charge is 0.480 e. The Bertz CT molecular complexity index is 388. The Morgan fingerprint density at radius 3 is 2.57 bits per heavy atom. The van der Waals surface area contributed by atoms with Crippen molar-refractivity contribution in [2.24, 2.45) is 5.92 Å². The van der Waals surface area contributed by atoms with Gasteiger partial charge in [0, 0.05) is 26.7 Å². The van der Waals surface area contributed by atoms with E-state index in [-0.39, 0.29) is 6.03 Å². The maximum Gasteiger partial charge on any atom is 0.326 e. The molecule has 0 spiro atoms. The van der Waals surface area contributed by atoms with Gasteiger partial charge in [-0.05, 0) is 38.8 Å². The summed E-state index contributed by atoms with van der Waals surface area (Å²) in [6.07, 6.45) is 4.47. The second-order valence-electron chi connectivity index (χ2n) is 6.48. The van der Waals surface area contributed by atoms with Crippen LogP contribution in [0.3, 0.4) is 0 Å². The number of carboxylic acid groups (broad SMARTS) is 1. The Hall–Kier alpha value is -1.30. The van der Waals surface area contributed by atoms with Gasteiger partial charge in [-0.25, -0.2) is 9.59 Å². The van der Waals surface area contributed by atoms with Crippen LogP contribution in [-0.4, -0.2) is 78.1 Å². The van der Waals surface area contributed by atoms with Crippen LogP contribution in [0.2, 0.25) is 0 Å². The van der Waals surface area contributed by atoms with Gasteiger partial charge in [0.15, 0.2) is 0 Å². The van der Waals surface area contributed by atoms with Crippen LogP contribution >= 0.6 is 0 Å². The molecule has 2 fully saturated rings. The number of hydrogen-bond acceptors (Lipinski definition) is 3. The molecule has 0 aromatic rings. The zero-order valence-corrected chi connectivity index (χ0v) is 13.1. The molecule has 6 heteroatoms. The molecule has 1 N–H and O–H groups in total. The Balaban J connectivity index is 1.96. The number of hydrogen-bond donors (Lipinski definition) is 1. The third-order valence-corrected chi connectivity index (χ3v) is 4.63. The summed E-state index contributed by atoms with van der Waals surface area (Å²) in [6.45, 7) is 3.37. The Morgan fingerprint density at radius 1 is 1.19 bits per heavy atom. The number of amides is 2. The molecule has 6 nitrogen and oxygen atoms in total. The molecule has 21 heavy (non-hydrogen) atoms. The van der Waals surface area contributed by atoms with Crippen molar-refractivity contribution in [3.8, 4) is 0 Å². The zero-order valence-electron chi connectivity index (χ0n) is 13.1. The number of likely N-dealkylation sites (tertiary alicyclic amines) is 2. The van der Waals surface area contributed by atoms with Crippen molar-refractivity contribution in [2.75, 3.05) is 40.3 Å². The lowest BCUT2D eigenvalue weighted by Gasteiger charge is -2.32. The molecular formula is C15H27N3O3. The van der Waals surface area contributed by atoms with E-state index >= 15 is 0 Å². The minimum Gasteiger partial charge on any atom is -0.480 e. The van der Waals surface area contributed by atoms with E-state index in [1.165, 1.54) is 0 Å². The smallest absolute Gasteiger partial charge is 0.326 e. The lowest BCUT2D eigenvalue weighted by atomic mass is 10.1. The molecule has 2 amide bonds. The van der Waals surface area contributed by atoms with Crippen LogP contribution in [0.25, 0.3) is 0 Å². The first-order valence-corrected chi connectivity index (χ1v) is 7.92. The van der Waals surface area contributed by atoms with E-state index in [1.807, 2.05) is 0 Å². The van der Waals surface area contributed by atoms with Gasteiger partial charge in [-0.3, -0.25) is 0 Å². The molecule has 120 valence electrons. The maximum absolute atomic E-state index is 12.6. The number of carbonyl (C=O) groups excluding carboxylic acids is 1. The predicted octanol–water partition coefficient (Wildman–Crippen LogP) is 1.32. The van der Waals surface area contributed by atoms with Crippen LogP contribution in [-0.2, 0) is 4.79 Å². The fraction of sp³-hybridized carbons (Fsp3) is 0.867. The molecule has 2 unspecified atom stereocenters. The fourth-order valence-electron chi connectivity index (χ4n) is 3.45. The highest BCUT2D eigenvalue weighted by molar-refractivity contribution is 5.82. The van der Waals surface area contributed by atoms with Crippen molar-refractivity contribution < 1.29 is 14.7 Å². The van der Waals surface area contributed by atoms with Crippen molar-refractivity contribution in [1.29, 1.82) is 0 Å². The van der Waals surface area contributed by atoms with Crippen LogP contribution in [0, 0.1) is 5.92 Å². The Kier molecular flexibility index (Phi) is 5.45. The average Bonchev–Trinajstić information content (AvgIpc) is 2.71. The maximum atomic E-state index is 12.6. The molecule has 2 saturated heterocycles. The van der Waals surface area contributed by atoms with Gasteiger partial charge < -0.3 is 19.8 Å². The first-order valence-electron chi connectivity index (χ1n) is 7.92. The third kappa shape index (κ3) is 4.09. The van der Waals surface area contributed by atoms with E-state index in [9.17, 15) is 14.7 Å². The van der Waals surface area contributed by atoms with E-state index < -0.39 is 12.0 Å². The summed E-state index contributed by atoms with van der Waals surface area (Å²) in [5.41, 5.74) is 0. The van der Waals surface area contributed by atoms with Gasteiger partial charge in [0.2, 0.25) is 0 Å². The van der Waals surface area contributed by atoms with Crippen molar-refractivity contribution in [3.63, 3.8) is 0 Å². The van der Waals surface area contributed by atoms with E-state index in [0.717, 1.165) is 38.8 Å². The second kappa shape index (κ2) is 7.11. The van der Waals surface area contributed by atoms with E-state index in [4.69, 9.17) is 0 Å². The molecule has 2 rings (SSSR count). The zero-order chi connectivity index (χ0) is 15.4. The van der Waals surface area contributed by atoms with Crippen LogP contribution in [0.4, 0.5) is 4.79 Å². The minimum absolute atomic E-state index is 0.126. The molecule has 2 aliphatic rings. The van der Waals surface area contributed by atoms with Crippen LogP contribution in [0.5, 0.6) is 0 Å². The minimum atomic E-state index is -0.876. The van der Waals surface area contributed by atoms with Crippen molar-refractivity contribution >= 4 is 12.0 Å². The van der Waals surface area contributed by atoms with Gasteiger partial charge >= 0.3 is 12.0 Å². The summed E-state index contributed by atoms with van der Waals surface area (Å²) in [4.78, 5) is 29.6. The third-order valence-electron chi connectivity index (χ3n) is 4.63. The average molecular weight is 297 g/mol. The van der Waals surface area contributed by atoms with Gasteiger partial charge in [-0.2, -0.15) is 0 Å². The molecule has 0 bridgehead atoms. The highest BCUT2D eigenvalue weighted by atomic mass is 16.4. The lowest BCUT2D eigenvalue weighted by molar-refractivity contribution is -0.142. The van der Waals surface area contributed by atoms with Crippen LogP contribution < -0.4 is 0 Å². The number of rotatable bonds is 3. The normalized spacial score (nSPS) is 27.4. The van der Waals surface area contributed by atoms with E-state index in [1.54, 1.807) is 16.8 Å². The fourth-order valence-corrected chi connectivity index (χ4v) is 3.45. The van der Waals surface area contributed by atoms with Gasteiger partial charge in [-0.15, -0.1) is 0 Å². The lowest BCUT2D eigenvalue weighted by Crippen LogP contribution is -2.50. The topological polar surface area (TPSA) is 64.1 Å². The number of carbonyl (C=O) groups is 2. The molecule has 0 saturated carbocycles. The molecule has 0 aromatic carbocycles. The first-order chi connectivity index (χ1) is 9.99. The summed E-state index contributed by atoms with van der Waals surface area (Å²) in [6, 6.07) is -0.785. The summed E-state index contributed by atoms with van der Waals surface area (Å²) < 4.78 is 0. The molecule has 2 aliphatic heterocycles. The molecule has 2 atom stereocenters. The second-order valence-corrected chi connectivity index (χ2v) is 6.48. The molecule has 0 radical (unpaired) electrons. The van der Waals surface area contributed by atoms with Crippen LogP contribution in [0.15, 0.2) is 0 Å². The van der Waals surface area contributed by atoms with Gasteiger partial charge in [0.25, 0.3) is 0 Å². The Morgan fingerprint density at radius 2 is 1.95 bits per heavy atom. The predicted molar refractivity (Wildman–Crippen MR) is 80.2 cm³/mol. The highest BCUT2D eigenvalue weighted by Gasteiger charge is 2.33. The monoisotopic (exact) mass is 297 g/mol.